The molecule has 0 atom stereocenters. The maximum Gasteiger partial charge on any atom is 0.222 e. The lowest BCUT2D eigenvalue weighted by molar-refractivity contribution is -0.131. The van der Waals surface area contributed by atoms with Crippen LogP contribution in [0.1, 0.15) is 43.4 Å². The van der Waals surface area contributed by atoms with Crippen molar-refractivity contribution in [2.75, 3.05) is 26.2 Å². The molecule has 126 valence electrons. The van der Waals surface area contributed by atoms with E-state index in [4.69, 9.17) is 11.6 Å². The number of likely N-dealkylation sites (tertiary alicyclic amines) is 2. The number of hydrogen-bond acceptors (Lipinski definition) is 3. The van der Waals surface area contributed by atoms with Crippen LogP contribution in [-0.4, -0.2) is 46.9 Å². The predicted octanol–water partition coefficient (Wildman–Crippen LogP) is 3.27. The molecule has 0 bridgehead atoms. The van der Waals surface area contributed by atoms with Gasteiger partial charge in [0.15, 0.2) is 0 Å². The monoisotopic (exact) mass is 335 g/mol. The number of aryl methyl sites for hydroxylation is 1. The third-order valence-corrected chi connectivity index (χ3v) is 5.21. The van der Waals surface area contributed by atoms with Crippen LogP contribution in [0.5, 0.6) is 0 Å². The van der Waals surface area contributed by atoms with Crippen molar-refractivity contribution in [3.05, 3.63) is 28.5 Å². The average Bonchev–Trinajstić information content (AvgIpc) is 3.02. The summed E-state index contributed by atoms with van der Waals surface area (Å²) in [4.78, 5) is 21.0. The maximum absolute atomic E-state index is 12.3. The highest BCUT2D eigenvalue weighted by atomic mass is 35.5. The van der Waals surface area contributed by atoms with Gasteiger partial charge in [-0.25, -0.2) is 4.98 Å². The predicted molar refractivity (Wildman–Crippen MR) is 92.4 cm³/mol. The SMILES string of the molecule is Cc1cc(CN2CCC(CC(=O)N3CCCC3)CC2)cc(Cl)n1. The summed E-state index contributed by atoms with van der Waals surface area (Å²) in [6.07, 6.45) is 5.35. The Morgan fingerprint density at radius 1 is 1.22 bits per heavy atom. The Hall–Kier alpha value is -1.13. The topological polar surface area (TPSA) is 36.4 Å². The summed E-state index contributed by atoms with van der Waals surface area (Å²) in [5.74, 6) is 0.930. The zero-order chi connectivity index (χ0) is 16.2. The Morgan fingerprint density at radius 3 is 2.57 bits per heavy atom. The van der Waals surface area contributed by atoms with Crippen LogP contribution < -0.4 is 0 Å². The first-order valence-corrected chi connectivity index (χ1v) is 9.11. The van der Waals surface area contributed by atoms with Crippen LogP contribution in [0.2, 0.25) is 5.15 Å². The highest BCUT2D eigenvalue weighted by molar-refractivity contribution is 6.29. The average molecular weight is 336 g/mol. The van der Waals surface area contributed by atoms with Gasteiger partial charge in [-0.2, -0.15) is 0 Å². The molecule has 2 aliphatic heterocycles. The van der Waals surface area contributed by atoms with Gasteiger partial charge in [-0.15, -0.1) is 0 Å². The van der Waals surface area contributed by atoms with Gasteiger partial charge >= 0.3 is 0 Å². The number of pyridine rings is 1. The summed E-state index contributed by atoms with van der Waals surface area (Å²) in [6, 6.07) is 4.06. The second-order valence-corrected chi connectivity index (χ2v) is 7.34. The number of carbonyl (C=O) groups excluding carboxylic acids is 1. The third-order valence-electron chi connectivity index (χ3n) is 5.02. The lowest BCUT2D eigenvalue weighted by atomic mass is 9.92. The number of nitrogens with zero attached hydrogens (tertiary/aromatic N) is 3. The van der Waals surface area contributed by atoms with E-state index in [0.29, 0.717) is 17.0 Å². The smallest absolute Gasteiger partial charge is 0.222 e. The van der Waals surface area contributed by atoms with E-state index in [2.05, 4.69) is 16.0 Å². The van der Waals surface area contributed by atoms with Crippen molar-refractivity contribution >= 4 is 17.5 Å². The second-order valence-electron chi connectivity index (χ2n) is 6.95. The first-order chi connectivity index (χ1) is 11.1. The summed E-state index contributed by atoms with van der Waals surface area (Å²) in [5.41, 5.74) is 2.20. The fraction of sp³-hybridized carbons (Fsp3) is 0.667. The van der Waals surface area contributed by atoms with E-state index in [1.807, 2.05) is 17.9 Å². The fourth-order valence-electron chi connectivity index (χ4n) is 3.74. The van der Waals surface area contributed by atoms with Crippen LogP contribution >= 0.6 is 11.6 Å². The Morgan fingerprint density at radius 2 is 1.91 bits per heavy atom. The number of piperidine rings is 1. The van der Waals surface area contributed by atoms with Crippen molar-refractivity contribution in [2.45, 2.75) is 45.6 Å². The first kappa shape index (κ1) is 16.7. The first-order valence-electron chi connectivity index (χ1n) is 8.73. The molecule has 0 aromatic carbocycles. The third kappa shape index (κ3) is 4.67. The fourth-order valence-corrected chi connectivity index (χ4v) is 4.01. The Bertz CT molecular complexity index is 529. The lowest BCUT2D eigenvalue weighted by Gasteiger charge is -2.32. The largest absolute Gasteiger partial charge is 0.343 e. The minimum absolute atomic E-state index is 0.373. The molecule has 0 aliphatic carbocycles. The van der Waals surface area contributed by atoms with Crippen LogP contribution in [0.4, 0.5) is 0 Å². The zero-order valence-electron chi connectivity index (χ0n) is 13.9. The van der Waals surface area contributed by atoms with E-state index in [0.717, 1.165) is 57.7 Å². The van der Waals surface area contributed by atoms with Crippen molar-refractivity contribution in [3.63, 3.8) is 0 Å². The van der Waals surface area contributed by atoms with Crippen molar-refractivity contribution in [1.29, 1.82) is 0 Å². The van der Waals surface area contributed by atoms with Gasteiger partial charge in [-0.1, -0.05) is 11.6 Å². The quantitative estimate of drug-likeness (QED) is 0.792. The normalized spacial score (nSPS) is 20.2. The summed E-state index contributed by atoms with van der Waals surface area (Å²) in [5, 5.41) is 0.575. The van der Waals surface area contributed by atoms with E-state index in [9.17, 15) is 4.79 Å². The molecular formula is C18H26ClN3O. The number of halogens is 1. The van der Waals surface area contributed by atoms with Gasteiger partial charge in [-0.05, 0) is 69.3 Å². The van der Waals surface area contributed by atoms with Gasteiger partial charge in [0.2, 0.25) is 5.91 Å². The molecule has 1 aromatic heterocycles. The van der Waals surface area contributed by atoms with Crippen LogP contribution in [0.15, 0.2) is 12.1 Å². The maximum atomic E-state index is 12.3. The molecule has 3 rings (SSSR count). The molecular weight excluding hydrogens is 310 g/mol. The Balaban J connectivity index is 1.45. The Labute approximate surface area is 143 Å². The van der Waals surface area contributed by atoms with Crippen molar-refractivity contribution in [2.24, 2.45) is 5.92 Å². The molecule has 1 amide bonds. The molecule has 1 aromatic rings. The molecule has 0 N–H and O–H groups in total. The van der Waals surface area contributed by atoms with E-state index in [1.165, 1.54) is 18.4 Å². The van der Waals surface area contributed by atoms with Crippen LogP contribution in [0, 0.1) is 12.8 Å². The molecule has 2 aliphatic rings. The van der Waals surface area contributed by atoms with Gasteiger partial charge in [0.25, 0.3) is 0 Å². The van der Waals surface area contributed by atoms with Crippen LogP contribution in [-0.2, 0) is 11.3 Å². The molecule has 0 radical (unpaired) electrons. The van der Waals surface area contributed by atoms with Crippen molar-refractivity contribution in [1.82, 2.24) is 14.8 Å². The van der Waals surface area contributed by atoms with Gasteiger partial charge in [0, 0.05) is 31.7 Å². The van der Waals surface area contributed by atoms with Crippen molar-refractivity contribution in [3.8, 4) is 0 Å². The molecule has 2 saturated heterocycles. The van der Waals surface area contributed by atoms with Gasteiger partial charge in [-0.3, -0.25) is 9.69 Å². The van der Waals surface area contributed by atoms with Gasteiger partial charge < -0.3 is 4.90 Å². The number of carbonyl (C=O) groups is 1. The van der Waals surface area contributed by atoms with Crippen LogP contribution in [0.25, 0.3) is 0 Å². The van der Waals surface area contributed by atoms with Crippen molar-refractivity contribution < 1.29 is 4.79 Å². The van der Waals surface area contributed by atoms with Gasteiger partial charge in [0.05, 0.1) is 0 Å². The van der Waals surface area contributed by atoms with E-state index >= 15 is 0 Å². The number of hydrogen-bond donors (Lipinski definition) is 0. The molecule has 0 unspecified atom stereocenters. The summed E-state index contributed by atoms with van der Waals surface area (Å²) < 4.78 is 0. The molecule has 0 spiro atoms. The minimum atomic E-state index is 0.373. The number of amides is 1. The highest BCUT2D eigenvalue weighted by Crippen LogP contribution is 2.24. The summed E-state index contributed by atoms with van der Waals surface area (Å²) >= 11 is 6.04. The summed E-state index contributed by atoms with van der Waals surface area (Å²) in [6.45, 7) is 6.98. The molecule has 2 fully saturated rings. The second kappa shape index (κ2) is 7.63. The molecule has 23 heavy (non-hydrogen) atoms. The molecule has 3 heterocycles. The zero-order valence-corrected chi connectivity index (χ0v) is 14.7. The molecule has 5 heteroatoms. The Kier molecular flexibility index (Phi) is 5.54. The highest BCUT2D eigenvalue weighted by Gasteiger charge is 2.25. The standard InChI is InChI=1S/C18H26ClN3O/c1-14-10-16(11-17(19)20-14)13-21-8-4-15(5-9-21)12-18(23)22-6-2-3-7-22/h10-11,15H,2-9,12-13H2,1H3. The van der Waals surface area contributed by atoms with Gasteiger partial charge in [0.1, 0.15) is 5.15 Å². The van der Waals surface area contributed by atoms with E-state index < -0.39 is 0 Å². The van der Waals surface area contributed by atoms with E-state index in [-0.39, 0.29) is 0 Å². The molecule has 4 nitrogen and oxygen atoms in total. The van der Waals surface area contributed by atoms with E-state index in [1.54, 1.807) is 0 Å². The van der Waals surface area contributed by atoms with Crippen LogP contribution in [0.3, 0.4) is 0 Å². The minimum Gasteiger partial charge on any atom is -0.343 e. The number of rotatable bonds is 4. The molecule has 0 saturated carbocycles. The number of aromatic nitrogens is 1. The lowest BCUT2D eigenvalue weighted by Crippen LogP contribution is -2.36. The summed E-state index contributed by atoms with van der Waals surface area (Å²) in [7, 11) is 0.